The molecule has 24 heavy (non-hydrogen) atoms. The fraction of sp³-hybridized carbons (Fsp3) is 0.611. The zero-order chi connectivity index (χ0) is 18.2. The van der Waals surface area contributed by atoms with E-state index in [1.807, 2.05) is 0 Å². The van der Waals surface area contributed by atoms with Crippen molar-refractivity contribution in [3.05, 3.63) is 29.8 Å². The van der Waals surface area contributed by atoms with Crippen molar-refractivity contribution in [2.24, 2.45) is 0 Å². The molecule has 1 rings (SSSR count). The maximum atomic E-state index is 10.8. The first-order valence-corrected chi connectivity index (χ1v) is 16.1. The van der Waals surface area contributed by atoms with Crippen LogP contribution in [-0.2, 0) is 4.43 Å². The summed E-state index contributed by atoms with van der Waals surface area (Å²) in [7, 11) is -2.62. The highest BCUT2D eigenvalue weighted by Crippen LogP contribution is 2.20. The minimum Gasteiger partial charge on any atom is -0.494 e. The Kier molecular flexibility index (Phi) is 8.19. The summed E-state index contributed by atoms with van der Waals surface area (Å²) in [6.45, 7) is 13.5. The van der Waals surface area contributed by atoms with Gasteiger partial charge in [-0.15, -0.1) is 0 Å². The molecule has 0 aliphatic rings. The van der Waals surface area contributed by atoms with E-state index in [4.69, 9.17) is 14.3 Å². The van der Waals surface area contributed by atoms with Gasteiger partial charge in [0, 0.05) is 6.61 Å². The van der Waals surface area contributed by atoms with Crippen LogP contribution < -0.4 is 4.74 Å². The van der Waals surface area contributed by atoms with Crippen molar-refractivity contribution in [2.45, 2.75) is 58.4 Å². The fourth-order valence-electron chi connectivity index (χ4n) is 1.99. The van der Waals surface area contributed by atoms with E-state index in [9.17, 15) is 4.79 Å². The molecule has 1 N–H and O–H groups in total. The fourth-order valence-corrected chi connectivity index (χ4v) is 4.68. The molecule has 0 amide bonds. The third-order valence-electron chi connectivity index (χ3n) is 4.68. The Morgan fingerprint density at radius 1 is 0.917 bits per heavy atom. The van der Waals surface area contributed by atoms with Gasteiger partial charge in [0.1, 0.15) is 5.75 Å². The first-order chi connectivity index (χ1) is 11.1. The smallest absolute Gasteiger partial charge is 0.335 e. The van der Waals surface area contributed by atoms with Gasteiger partial charge in [-0.3, -0.25) is 0 Å². The molecule has 4 nitrogen and oxygen atoms in total. The highest BCUT2D eigenvalue weighted by molar-refractivity contribution is 7.37. The molecule has 0 aromatic heterocycles. The van der Waals surface area contributed by atoms with Gasteiger partial charge in [-0.25, -0.2) is 4.79 Å². The van der Waals surface area contributed by atoms with E-state index in [0.717, 1.165) is 38.0 Å². The molecule has 1 aromatic carbocycles. The minimum atomic E-state index is -1.46. The van der Waals surface area contributed by atoms with Crippen LogP contribution in [0.4, 0.5) is 0 Å². The van der Waals surface area contributed by atoms with Gasteiger partial charge in [0.25, 0.3) is 0 Å². The summed E-state index contributed by atoms with van der Waals surface area (Å²) in [4.78, 5) is 10.8. The highest BCUT2D eigenvalue weighted by Gasteiger charge is 2.38. The largest absolute Gasteiger partial charge is 0.494 e. The van der Waals surface area contributed by atoms with Crippen molar-refractivity contribution < 1.29 is 19.1 Å². The molecule has 0 aliphatic heterocycles. The summed E-state index contributed by atoms with van der Waals surface area (Å²) in [5.74, 6) is -0.185. The van der Waals surface area contributed by atoms with Gasteiger partial charge in [-0.2, -0.15) is 0 Å². The number of ether oxygens (including phenoxy) is 1. The van der Waals surface area contributed by atoms with Crippen molar-refractivity contribution in [1.29, 1.82) is 0 Å². The average molecular weight is 369 g/mol. The second kappa shape index (κ2) is 9.39. The lowest BCUT2D eigenvalue weighted by Crippen LogP contribution is -2.54. The Morgan fingerprint density at radius 2 is 1.46 bits per heavy atom. The lowest BCUT2D eigenvalue weighted by Gasteiger charge is -2.34. The minimum absolute atomic E-state index is 0.284. The molecule has 0 heterocycles. The van der Waals surface area contributed by atoms with Crippen molar-refractivity contribution in [3.8, 4) is 5.75 Å². The van der Waals surface area contributed by atoms with Crippen molar-refractivity contribution in [3.63, 3.8) is 0 Å². The third kappa shape index (κ3) is 7.19. The number of unbranched alkanes of at least 4 members (excludes halogenated alkanes) is 3. The van der Waals surface area contributed by atoms with Crippen LogP contribution in [-0.4, -0.2) is 39.7 Å². The van der Waals surface area contributed by atoms with Crippen LogP contribution >= 0.6 is 0 Å². The van der Waals surface area contributed by atoms with Crippen LogP contribution in [0.2, 0.25) is 32.7 Å². The van der Waals surface area contributed by atoms with E-state index in [1.54, 1.807) is 24.3 Å². The van der Waals surface area contributed by atoms with Gasteiger partial charge in [0.2, 0.25) is 0 Å². The van der Waals surface area contributed by atoms with E-state index in [2.05, 4.69) is 32.7 Å². The number of hydrogen-bond donors (Lipinski definition) is 1. The topological polar surface area (TPSA) is 55.8 Å². The Bertz CT molecular complexity index is 507. The Labute approximate surface area is 148 Å². The van der Waals surface area contributed by atoms with Crippen molar-refractivity contribution >= 4 is 21.4 Å². The highest BCUT2D eigenvalue weighted by atomic mass is 29.3. The third-order valence-corrected chi connectivity index (χ3v) is 20.5. The van der Waals surface area contributed by atoms with Crippen LogP contribution in [0.15, 0.2) is 24.3 Å². The van der Waals surface area contributed by atoms with Crippen LogP contribution in [0.25, 0.3) is 0 Å². The van der Waals surface area contributed by atoms with Crippen molar-refractivity contribution in [2.75, 3.05) is 13.2 Å². The molecule has 0 atom stereocenters. The Morgan fingerprint density at radius 3 is 1.96 bits per heavy atom. The normalized spacial score (nSPS) is 12.2. The van der Waals surface area contributed by atoms with Crippen molar-refractivity contribution in [1.82, 2.24) is 0 Å². The number of carbonyl (C=O) groups is 1. The molecule has 0 saturated heterocycles. The molecule has 136 valence electrons. The lowest BCUT2D eigenvalue weighted by atomic mass is 10.2. The maximum Gasteiger partial charge on any atom is 0.335 e. The molecule has 1 aromatic rings. The maximum absolute atomic E-state index is 10.8. The molecular weight excluding hydrogens is 336 g/mol. The summed E-state index contributed by atoms with van der Waals surface area (Å²) >= 11 is 0. The quantitative estimate of drug-likeness (QED) is 0.443. The Balaban J connectivity index is 2.09. The van der Waals surface area contributed by atoms with Crippen LogP contribution in [0.1, 0.15) is 36.0 Å². The van der Waals surface area contributed by atoms with E-state index in [1.165, 1.54) is 0 Å². The number of benzene rings is 1. The second-order valence-corrected chi connectivity index (χ2v) is 23.6. The van der Waals surface area contributed by atoms with Crippen LogP contribution in [0.3, 0.4) is 0 Å². The number of rotatable bonds is 11. The van der Waals surface area contributed by atoms with Gasteiger partial charge < -0.3 is 14.3 Å². The van der Waals surface area contributed by atoms with Gasteiger partial charge in [-0.1, -0.05) is 26.1 Å². The molecule has 0 spiro atoms. The Hall–Kier alpha value is -1.12. The average Bonchev–Trinajstić information content (AvgIpc) is 2.49. The number of aromatic carboxylic acids is 1. The molecular formula is C18H32O4Si2. The van der Waals surface area contributed by atoms with E-state index in [-0.39, 0.29) is 5.56 Å². The van der Waals surface area contributed by atoms with E-state index >= 15 is 0 Å². The standard InChI is InChI=1S/C18H32O4Si2/c1-23(2,3)24(4,5)22-15-9-7-6-8-14-21-17-12-10-16(11-13-17)18(19)20/h10-13H,6-9,14-15H2,1-5H3,(H,19,20). The molecule has 6 heteroatoms. The van der Waals surface area contributed by atoms with Gasteiger partial charge in [0.15, 0.2) is 7.83 Å². The molecule has 0 fully saturated rings. The predicted octanol–water partition coefficient (Wildman–Crippen LogP) is 4.96. The number of hydrogen-bond acceptors (Lipinski definition) is 3. The zero-order valence-electron chi connectivity index (χ0n) is 15.7. The monoisotopic (exact) mass is 368 g/mol. The molecule has 0 aliphatic carbocycles. The first-order valence-electron chi connectivity index (χ1n) is 8.73. The van der Waals surface area contributed by atoms with Gasteiger partial charge >= 0.3 is 5.97 Å². The molecule has 0 bridgehead atoms. The molecule has 0 unspecified atom stereocenters. The summed E-state index contributed by atoms with van der Waals surface area (Å²) in [5.41, 5.74) is 0.284. The predicted molar refractivity (Wildman–Crippen MR) is 104 cm³/mol. The van der Waals surface area contributed by atoms with E-state index < -0.39 is 21.4 Å². The van der Waals surface area contributed by atoms with Crippen LogP contribution in [0, 0.1) is 0 Å². The second-order valence-electron chi connectivity index (χ2n) is 7.70. The van der Waals surface area contributed by atoms with Gasteiger partial charge in [0.05, 0.1) is 19.8 Å². The SMILES string of the molecule is C[Si](C)(C)[Si](C)(C)OCCCCCCOc1ccc(C(=O)O)cc1. The summed E-state index contributed by atoms with van der Waals surface area (Å²) in [6, 6.07) is 6.55. The summed E-state index contributed by atoms with van der Waals surface area (Å²) < 4.78 is 11.9. The van der Waals surface area contributed by atoms with Crippen LogP contribution in [0.5, 0.6) is 5.75 Å². The molecule has 0 saturated carbocycles. The summed E-state index contributed by atoms with van der Waals surface area (Å²) in [5, 5.41) is 8.84. The summed E-state index contributed by atoms with van der Waals surface area (Å²) in [6.07, 6.45) is 4.42. The number of carboxylic acid groups (broad SMARTS) is 1. The lowest BCUT2D eigenvalue weighted by molar-refractivity contribution is 0.0697. The van der Waals surface area contributed by atoms with Gasteiger partial charge in [-0.05, 0) is 56.6 Å². The van der Waals surface area contributed by atoms with E-state index in [0.29, 0.717) is 6.61 Å². The molecule has 0 radical (unpaired) electrons. The first kappa shape index (κ1) is 20.9. The zero-order valence-corrected chi connectivity index (χ0v) is 17.7. The number of carboxylic acids is 1.